The lowest BCUT2D eigenvalue weighted by atomic mass is 9.78. The van der Waals surface area contributed by atoms with Crippen LogP contribution in [0.2, 0.25) is 0 Å². The van der Waals surface area contributed by atoms with Crippen molar-refractivity contribution in [2.45, 2.75) is 64.6 Å². The van der Waals surface area contributed by atoms with Gasteiger partial charge in [-0.25, -0.2) is 0 Å². The highest BCUT2D eigenvalue weighted by Crippen LogP contribution is 2.30. The lowest BCUT2D eigenvalue weighted by Crippen LogP contribution is -2.54. The molecule has 0 aromatic heterocycles. The smallest absolute Gasteiger partial charge is 0.0933 e. The summed E-state index contributed by atoms with van der Waals surface area (Å²) in [5.74, 6) is 1.58. The van der Waals surface area contributed by atoms with E-state index in [9.17, 15) is 5.11 Å². The molecule has 124 valence electrons. The fourth-order valence-corrected chi connectivity index (χ4v) is 3.84. The van der Waals surface area contributed by atoms with Gasteiger partial charge in [0.2, 0.25) is 0 Å². The Kier molecular flexibility index (Phi) is 6.93. The topological polar surface area (TPSA) is 44.7 Å². The quantitative estimate of drug-likeness (QED) is 0.786. The van der Waals surface area contributed by atoms with E-state index in [0.717, 1.165) is 38.1 Å². The van der Waals surface area contributed by atoms with Crippen LogP contribution in [0.15, 0.2) is 0 Å². The third kappa shape index (κ3) is 4.92. The summed E-state index contributed by atoms with van der Waals surface area (Å²) in [6.07, 6.45) is 5.21. The highest BCUT2D eigenvalue weighted by Gasteiger charge is 2.33. The zero-order valence-corrected chi connectivity index (χ0v) is 14.1. The van der Waals surface area contributed by atoms with Crippen molar-refractivity contribution in [3.63, 3.8) is 0 Å². The monoisotopic (exact) mass is 298 g/mol. The Balaban J connectivity index is 1.92. The molecule has 0 radical (unpaired) electrons. The van der Waals surface area contributed by atoms with Gasteiger partial charge in [-0.3, -0.25) is 4.90 Å². The zero-order valence-electron chi connectivity index (χ0n) is 14.1. The molecule has 2 fully saturated rings. The average Bonchev–Trinajstić information content (AvgIpc) is 2.49. The SMILES string of the molecule is CCCNC1CCC(C)CC1CN1CC(CO)OCC1C. The standard InChI is InChI=1S/C17H34N2O2/c1-4-7-18-17-6-5-13(2)8-15(17)9-19-10-16(11-20)21-12-14(19)3/h13-18,20H,4-12H2,1-3H3. The molecule has 4 heteroatoms. The first kappa shape index (κ1) is 17.2. The first-order valence-electron chi connectivity index (χ1n) is 8.83. The Morgan fingerprint density at radius 3 is 2.81 bits per heavy atom. The van der Waals surface area contributed by atoms with E-state index in [4.69, 9.17) is 4.74 Å². The Morgan fingerprint density at radius 2 is 2.10 bits per heavy atom. The number of hydrogen-bond acceptors (Lipinski definition) is 4. The van der Waals surface area contributed by atoms with Crippen LogP contribution in [0.5, 0.6) is 0 Å². The Bertz CT molecular complexity index is 299. The first-order valence-corrected chi connectivity index (χ1v) is 8.83. The van der Waals surface area contributed by atoms with E-state index in [1.165, 1.54) is 25.7 Å². The molecular weight excluding hydrogens is 264 g/mol. The van der Waals surface area contributed by atoms with Crippen LogP contribution in [0.1, 0.15) is 46.5 Å². The molecule has 4 nitrogen and oxygen atoms in total. The van der Waals surface area contributed by atoms with Crippen molar-refractivity contribution in [1.82, 2.24) is 10.2 Å². The summed E-state index contributed by atoms with van der Waals surface area (Å²) in [6, 6.07) is 1.14. The van der Waals surface area contributed by atoms with Crippen molar-refractivity contribution in [3.05, 3.63) is 0 Å². The number of hydrogen-bond donors (Lipinski definition) is 2. The van der Waals surface area contributed by atoms with Crippen LogP contribution >= 0.6 is 0 Å². The zero-order chi connectivity index (χ0) is 15.2. The minimum atomic E-state index is 0.00395. The van der Waals surface area contributed by atoms with Gasteiger partial charge in [-0.2, -0.15) is 0 Å². The van der Waals surface area contributed by atoms with Crippen LogP contribution in [0.4, 0.5) is 0 Å². The lowest BCUT2D eigenvalue weighted by molar-refractivity contribution is -0.0843. The summed E-state index contributed by atoms with van der Waals surface area (Å²) in [7, 11) is 0. The van der Waals surface area contributed by atoms with Crippen LogP contribution in [0.3, 0.4) is 0 Å². The van der Waals surface area contributed by atoms with Gasteiger partial charge in [0, 0.05) is 25.2 Å². The molecule has 1 heterocycles. The van der Waals surface area contributed by atoms with Gasteiger partial charge in [0.25, 0.3) is 0 Å². The van der Waals surface area contributed by atoms with Crippen LogP contribution in [0.25, 0.3) is 0 Å². The fourth-order valence-electron chi connectivity index (χ4n) is 3.84. The second-order valence-corrected chi connectivity index (χ2v) is 7.18. The fraction of sp³-hybridized carbons (Fsp3) is 1.00. The number of morpholine rings is 1. The van der Waals surface area contributed by atoms with Gasteiger partial charge in [-0.05, 0) is 51.0 Å². The second kappa shape index (κ2) is 8.47. The summed E-state index contributed by atoms with van der Waals surface area (Å²) in [5.41, 5.74) is 0. The Hall–Kier alpha value is -0.160. The van der Waals surface area contributed by atoms with Gasteiger partial charge in [-0.15, -0.1) is 0 Å². The number of nitrogens with one attached hydrogen (secondary N) is 1. The van der Waals surface area contributed by atoms with Gasteiger partial charge in [-0.1, -0.05) is 13.8 Å². The number of nitrogens with zero attached hydrogens (tertiary/aromatic N) is 1. The van der Waals surface area contributed by atoms with Crippen molar-refractivity contribution in [2.24, 2.45) is 11.8 Å². The molecule has 0 bridgehead atoms. The molecule has 2 aliphatic rings. The van der Waals surface area contributed by atoms with Crippen molar-refractivity contribution >= 4 is 0 Å². The number of rotatable bonds is 6. The highest BCUT2D eigenvalue weighted by atomic mass is 16.5. The third-order valence-corrected chi connectivity index (χ3v) is 5.21. The summed E-state index contributed by atoms with van der Waals surface area (Å²) in [4.78, 5) is 2.54. The molecule has 1 aliphatic carbocycles. The van der Waals surface area contributed by atoms with Crippen LogP contribution < -0.4 is 5.32 Å². The summed E-state index contributed by atoms with van der Waals surface area (Å²) in [5, 5.41) is 13.1. The third-order valence-electron chi connectivity index (χ3n) is 5.21. The van der Waals surface area contributed by atoms with Gasteiger partial charge >= 0.3 is 0 Å². The number of ether oxygens (including phenoxy) is 1. The van der Waals surface area contributed by atoms with Crippen molar-refractivity contribution in [3.8, 4) is 0 Å². The van der Waals surface area contributed by atoms with Crippen LogP contribution in [-0.4, -0.2) is 61.0 Å². The largest absolute Gasteiger partial charge is 0.394 e. The maximum atomic E-state index is 9.35. The van der Waals surface area contributed by atoms with E-state index in [2.05, 4.69) is 31.0 Å². The van der Waals surface area contributed by atoms with E-state index >= 15 is 0 Å². The van der Waals surface area contributed by atoms with E-state index in [0.29, 0.717) is 12.1 Å². The van der Waals surface area contributed by atoms with Gasteiger partial charge in [0.1, 0.15) is 0 Å². The molecule has 5 atom stereocenters. The Morgan fingerprint density at radius 1 is 1.29 bits per heavy atom. The second-order valence-electron chi connectivity index (χ2n) is 7.18. The maximum Gasteiger partial charge on any atom is 0.0933 e. The van der Waals surface area contributed by atoms with Crippen LogP contribution in [-0.2, 0) is 4.74 Å². The van der Waals surface area contributed by atoms with Crippen LogP contribution in [0, 0.1) is 11.8 Å². The molecule has 2 N–H and O–H groups in total. The minimum Gasteiger partial charge on any atom is -0.394 e. The average molecular weight is 298 g/mol. The summed E-state index contributed by atoms with van der Waals surface area (Å²) < 4.78 is 5.66. The molecule has 5 unspecified atom stereocenters. The molecular formula is C17H34N2O2. The molecule has 1 saturated carbocycles. The van der Waals surface area contributed by atoms with E-state index in [1.54, 1.807) is 0 Å². The van der Waals surface area contributed by atoms with Gasteiger partial charge in [0.15, 0.2) is 0 Å². The highest BCUT2D eigenvalue weighted by molar-refractivity contribution is 4.88. The lowest BCUT2D eigenvalue weighted by Gasteiger charge is -2.43. The predicted molar refractivity (Wildman–Crippen MR) is 86.4 cm³/mol. The van der Waals surface area contributed by atoms with E-state index < -0.39 is 0 Å². The minimum absolute atomic E-state index is 0.00395. The summed E-state index contributed by atoms with van der Waals surface area (Å²) >= 11 is 0. The normalized spacial score (nSPS) is 38.6. The molecule has 0 aromatic rings. The van der Waals surface area contributed by atoms with E-state index in [-0.39, 0.29) is 12.7 Å². The van der Waals surface area contributed by atoms with Crippen molar-refractivity contribution in [1.29, 1.82) is 0 Å². The molecule has 1 saturated heterocycles. The van der Waals surface area contributed by atoms with E-state index in [1.807, 2.05) is 0 Å². The molecule has 2 rings (SSSR count). The molecule has 0 aromatic carbocycles. The Labute approximate surface area is 130 Å². The van der Waals surface area contributed by atoms with Crippen molar-refractivity contribution < 1.29 is 9.84 Å². The number of aliphatic hydroxyl groups is 1. The number of aliphatic hydroxyl groups excluding tert-OH is 1. The first-order chi connectivity index (χ1) is 10.1. The predicted octanol–water partition coefficient (Wildman–Crippen LogP) is 1.87. The molecule has 0 amide bonds. The molecule has 21 heavy (non-hydrogen) atoms. The molecule has 1 aliphatic heterocycles. The summed E-state index contributed by atoms with van der Waals surface area (Å²) in [6.45, 7) is 10.9. The maximum absolute atomic E-state index is 9.35. The molecule has 0 spiro atoms. The van der Waals surface area contributed by atoms with Gasteiger partial charge in [0.05, 0.1) is 19.3 Å². The van der Waals surface area contributed by atoms with Gasteiger partial charge < -0.3 is 15.2 Å². The van der Waals surface area contributed by atoms with Crippen molar-refractivity contribution in [2.75, 3.05) is 32.8 Å².